The number of benzene rings is 4. The number of aryl methyl sites for hydroxylation is 1. The van der Waals surface area contributed by atoms with Crippen LogP contribution >= 0.6 is 23.2 Å². The molecule has 4 fully saturated rings. The Morgan fingerprint density at radius 1 is 0.610 bits per heavy atom. The number of hydrogen-bond acceptors (Lipinski definition) is 16. The lowest BCUT2D eigenvalue weighted by atomic mass is 9.62. The van der Waals surface area contributed by atoms with Gasteiger partial charge in [0, 0.05) is 112 Å². The largest absolute Gasteiger partial charge is 0.490 e. The molecule has 0 aromatic heterocycles. The molecular weight excluding hydrogens is 1410 g/mol. The fourth-order valence-electron chi connectivity index (χ4n) is 18.8. The van der Waals surface area contributed by atoms with Crippen LogP contribution in [-0.2, 0) is 64.0 Å². The van der Waals surface area contributed by atoms with E-state index in [1.165, 1.54) is 0 Å². The number of fused-ring (bicyclic) bond motifs is 7. The number of halogens is 2. The van der Waals surface area contributed by atoms with Crippen molar-refractivity contribution in [2.75, 3.05) is 111 Å². The van der Waals surface area contributed by atoms with E-state index in [0.717, 1.165) is 99.4 Å². The number of nitrogens with zero attached hydrogens (tertiary/aromatic N) is 6. The van der Waals surface area contributed by atoms with Gasteiger partial charge in [-0.15, -0.1) is 0 Å². The van der Waals surface area contributed by atoms with Gasteiger partial charge in [0.05, 0.1) is 52.5 Å². The minimum Gasteiger partial charge on any atom is -0.490 e. The average molecular weight is 1520 g/mol. The van der Waals surface area contributed by atoms with Crippen molar-refractivity contribution in [3.63, 3.8) is 0 Å². The van der Waals surface area contributed by atoms with Crippen LogP contribution in [0.15, 0.2) is 97.1 Å². The van der Waals surface area contributed by atoms with E-state index in [9.17, 15) is 31.2 Å². The number of amides is 4. The number of anilines is 2. The molecule has 105 heavy (non-hydrogen) atoms. The lowest BCUT2D eigenvalue weighted by molar-refractivity contribution is -0.142. The molecule has 4 amide bonds. The topological polar surface area (TPSA) is 217 Å². The number of carbonyl (C=O) groups excluding carboxylic acids is 4. The number of likely N-dealkylation sites (tertiary alicyclic amines) is 2. The summed E-state index contributed by atoms with van der Waals surface area (Å²) >= 11 is 13.5. The summed E-state index contributed by atoms with van der Waals surface area (Å²) in [5.41, 5.74) is 3.68. The smallest absolute Gasteiger partial charge is 0.264 e. The standard InChI is InChI=1S/C81H108Cl2N8O12S2/c1-52-14-12-31-80(100-8,69-24-18-60(69)45-88-33-11-10-16-57-37-64(82)22-17-62(57)49-102-73-27-20-58(39-71(73)88)77(94)84-104(96,97)54(52)3)43-76(93)90-35-30-67(48-90)87(7)44-56-36-63-38-65(83)23-26-68(63)79(41-56)50-91-46-61-19-25-70(61)81(101-9,42-75(92)89-34-29-66(47-89)86(5)6)32-13-15-53(2)55(4)105(98,99)85-78(95)59-21-28-74(103-51-79)72(91)40-59/h12-13,17,20-23,26-28,31-32,37-40,52-56,60-61,66-67,69-70H,10-11,14-16,18-19,24-25,29-30,33-36,41-51H2,1-9H3,(H,84,94)(H,85,95)/b31-12+,32-13+/t52-,53-,54+,55+,56?,60-,61-,66+,67+,69+,70+,79-,80-,81+/m0/s1. The number of nitrogens with one attached hydrogen (secondary N) is 2. The highest BCUT2D eigenvalue weighted by atomic mass is 35.5. The second-order valence-corrected chi connectivity index (χ2v) is 37.6. The molecule has 9 aliphatic rings. The van der Waals surface area contributed by atoms with Gasteiger partial charge in [0.2, 0.25) is 31.9 Å². The fraction of sp³-hybridized carbons (Fsp3) is 0.605. The summed E-state index contributed by atoms with van der Waals surface area (Å²) in [5.74, 6) is -0.835. The maximum absolute atomic E-state index is 15.4. The molecule has 570 valence electrons. The van der Waals surface area contributed by atoms with E-state index >= 15 is 4.79 Å². The van der Waals surface area contributed by atoms with Crippen LogP contribution in [0.5, 0.6) is 11.5 Å². The highest BCUT2D eigenvalue weighted by Gasteiger charge is 2.53. The van der Waals surface area contributed by atoms with Crippen LogP contribution in [0.3, 0.4) is 0 Å². The Morgan fingerprint density at radius 2 is 1.14 bits per heavy atom. The first-order valence-electron chi connectivity index (χ1n) is 38.2. The van der Waals surface area contributed by atoms with Gasteiger partial charge < -0.3 is 48.3 Å². The number of allylic oxidation sites excluding steroid dienone is 2. The summed E-state index contributed by atoms with van der Waals surface area (Å²) in [6, 6.07) is 22.8. The van der Waals surface area contributed by atoms with E-state index in [0.29, 0.717) is 105 Å². The van der Waals surface area contributed by atoms with Crippen molar-refractivity contribution in [3.8, 4) is 11.5 Å². The molecule has 2 N–H and O–H groups in total. The normalized spacial score (nSPS) is 32.6. The highest BCUT2D eigenvalue weighted by molar-refractivity contribution is 7.91. The van der Waals surface area contributed by atoms with Gasteiger partial charge in [0.15, 0.2) is 0 Å². The molecule has 4 aromatic rings. The van der Waals surface area contributed by atoms with E-state index in [1.54, 1.807) is 64.5 Å². The molecule has 1 unspecified atom stereocenters. The van der Waals surface area contributed by atoms with Crippen molar-refractivity contribution in [3.05, 3.63) is 141 Å². The van der Waals surface area contributed by atoms with Crippen LogP contribution in [0.2, 0.25) is 10.0 Å². The summed E-state index contributed by atoms with van der Waals surface area (Å²) in [6.45, 7) is 13.0. The molecule has 2 saturated carbocycles. The Morgan fingerprint density at radius 3 is 1.70 bits per heavy atom. The van der Waals surface area contributed by atoms with E-state index in [-0.39, 0.29) is 90.0 Å². The van der Waals surface area contributed by atoms with Gasteiger partial charge in [-0.2, -0.15) is 0 Å². The summed E-state index contributed by atoms with van der Waals surface area (Å²) in [7, 11) is 1.41. The Balaban J connectivity index is 0.756. The van der Waals surface area contributed by atoms with Crippen LogP contribution < -0.4 is 28.7 Å². The zero-order valence-electron chi connectivity index (χ0n) is 62.6. The van der Waals surface area contributed by atoms with Crippen molar-refractivity contribution in [2.24, 2.45) is 41.4 Å². The number of sulfonamides is 2. The van der Waals surface area contributed by atoms with Crippen LogP contribution in [0.4, 0.5) is 11.4 Å². The molecule has 6 heterocycles. The van der Waals surface area contributed by atoms with Gasteiger partial charge in [-0.3, -0.25) is 19.2 Å². The van der Waals surface area contributed by atoms with Crippen molar-refractivity contribution in [1.82, 2.24) is 29.0 Å². The Bertz CT molecular complexity index is 4220. The summed E-state index contributed by atoms with van der Waals surface area (Å²) < 4.78 is 88.4. The van der Waals surface area contributed by atoms with Crippen molar-refractivity contribution >= 4 is 78.3 Å². The van der Waals surface area contributed by atoms with Gasteiger partial charge in [-0.25, -0.2) is 26.3 Å². The van der Waals surface area contributed by atoms with Gasteiger partial charge in [-0.05, 0) is 243 Å². The number of rotatable bonds is 10. The summed E-state index contributed by atoms with van der Waals surface area (Å²) in [6.07, 6.45) is 18.2. The van der Waals surface area contributed by atoms with Crippen LogP contribution in [-0.4, -0.2) is 195 Å². The maximum Gasteiger partial charge on any atom is 0.264 e. The van der Waals surface area contributed by atoms with Crippen molar-refractivity contribution < 1.29 is 55.0 Å². The molecule has 4 aromatic carbocycles. The molecule has 2 saturated heterocycles. The van der Waals surface area contributed by atoms with E-state index < -0.39 is 64.9 Å². The van der Waals surface area contributed by atoms with Crippen LogP contribution in [0.1, 0.15) is 154 Å². The molecule has 13 rings (SSSR count). The molecule has 3 aliphatic carbocycles. The first kappa shape index (κ1) is 76.9. The number of likely N-dealkylation sites (N-methyl/N-ethyl adjacent to an activating group) is 2. The maximum atomic E-state index is 15.4. The summed E-state index contributed by atoms with van der Waals surface area (Å²) in [4.78, 5) is 71.6. The lowest BCUT2D eigenvalue weighted by Gasteiger charge is -2.51. The number of methoxy groups -OCH3 is 2. The molecule has 14 atom stereocenters. The van der Waals surface area contributed by atoms with Crippen molar-refractivity contribution in [1.29, 1.82) is 0 Å². The first-order valence-corrected chi connectivity index (χ1v) is 42.0. The fourth-order valence-corrected chi connectivity index (χ4v) is 21.8. The Labute approximate surface area is 632 Å². The van der Waals surface area contributed by atoms with Crippen LogP contribution in [0.25, 0.3) is 0 Å². The van der Waals surface area contributed by atoms with Crippen LogP contribution in [0, 0.1) is 41.4 Å². The minimum absolute atomic E-state index is 0.00337. The lowest BCUT2D eigenvalue weighted by Crippen LogP contribution is -2.55. The quantitative estimate of drug-likeness (QED) is 0.141. The SMILES string of the molecule is CO[C@@]1(CC(=O)N2CC[C@@H](N(C)C)C2)/C=C/C[C@H](C)[C@@H](C)S(=O)(=O)NC(=O)c2ccc3c(c2)N(C[C@@H]2CC[C@H]21)C[C@]1(CO3)CC(CN(C)[C@@H]2CCN(C(=O)C[C@@]3(OC)/C=C/C[C@H](C)[C@@H](C)S(=O)(=O)NC(=O)c4ccc5c(c4)N(CCCCc4cc(Cl)ccc4CO5)C[C@@H]4CC[C@H]43)C2)Cc2cc(Cl)ccc21. The predicted octanol–water partition coefficient (Wildman–Crippen LogP) is 11.5. The third-order valence-electron chi connectivity index (χ3n) is 26.0. The molecular formula is C81H108Cl2N8O12S2. The Kier molecular flexibility index (Phi) is 23.0. The van der Waals surface area contributed by atoms with E-state index in [4.69, 9.17) is 42.1 Å². The molecule has 24 heteroatoms. The zero-order chi connectivity index (χ0) is 74.5. The zero-order valence-corrected chi connectivity index (χ0v) is 65.8. The number of ether oxygens (including phenoxy) is 4. The van der Waals surface area contributed by atoms with Gasteiger partial charge in [0.1, 0.15) is 18.1 Å². The van der Waals surface area contributed by atoms with E-state index in [1.807, 2.05) is 66.1 Å². The third kappa shape index (κ3) is 16.1. The third-order valence-corrected chi connectivity index (χ3v) is 30.3. The van der Waals surface area contributed by atoms with Crippen molar-refractivity contribution in [2.45, 2.75) is 170 Å². The van der Waals surface area contributed by atoms with Gasteiger partial charge >= 0.3 is 0 Å². The second-order valence-electron chi connectivity index (χ2n) is 32.6. The summed E-state index contributed by atoms with van der Waals surface area (Å²) in [5, 5.41) is -0.548. The molecule has 1 spiro atoms. The molecule has 4 bridgehead atoms. The second kappa shape index (κ2) is 31.4. The highest BCUT2D eigenvalue weighted by Crippen LogP contribution is 2.53. The first-order chi connectivity index (χ1) is 50.1. The van der Waals surface area contributed by atoms with Gasteiger partial charge in [0.25, 0.3) is 11.8 Å². The molecule has 6 aliphatic heterocycles. The number of hydrogen-bond donors (Lipinski definition) is 2. The average Bonchev–Trinajstić information content (AvgIpc) is 1.71. The van der Waals surface area contributed by atoms with E-state index in [2.05, 4.69) is 68.4 Å². The minimum atomic E-state index is -4.14. The monoisotopic (exact) mass is 1520 g/mol. The molecule has 20 nitrogen and oxygen atoms in total. The molecule has 0 radical (unpaired) electrons. The van der Waals surface area contributed by atoms with Gasteiger partial charge in [-0.1, -0.05) is 73.5 Å². The predicted molar refractivity (Wildman–Crippen MR) is 411 cm³/mol. The Hall–Kier alpha value is -6.24. The number of carbonyl (C=O) groups is 4.